The summed E-state index contributed by atoms with van der Waals surface area (Å²) in [6.45, 7) is 2.07. The van der Waals surface area contributed by atoms with Crippen molar-refractivity contribution < 1.29 is 9.90 Å². The van der Waals surface area contributed by atoms with Crippen molar-refractivity contribution >= 4 is 17.7 Å². The van der Waals surface area contributed by atoms with Gasteiger partial charge in [0.05, 0.1) is 0 Å². The highest BCUT2D eigenvalue weighted by Crippen LogP contribution is 2.13. The lowest BCUT2D eigenvalue weighted by Crippen LogP contribution is -2.21. The van der Waals surface area contributed by atoms with Crippen LogP contribution in [0.1, 0.15) is 12.0 Å². The Bertz CT molecular complexity index is 406. The van der Waals surface area contributed by atoms with Gasteiger partial charge in [-0.1, -0.05) is 12.1 Å². The molecule has 0 bridgehead atoms. The van der Waals surface area contributed by atoms with Crippen LogP contribution in [0.15, 0.2) is 30.3 Å². The first kappa shape index (κ1) is 11.7. The summed E-state index contributed by atoms with van der Waals surface area (Å²) < 4.78 is 0. The minimum atomic E-state index is -0.927. The maximum Gasteiger partial charge on any atom is 0.328 e. The molecule has 0 aromatic heterocycles. The number of anilines is 1. The van der Waals surface area contributed by atoms with Gasteiger partial charge in [0.15, 0.2) is 0 Å². The molecule has 17 heavy (non-hydrogen) atoms. The van der Waals surface area contributed by atoms with Gasteiger partial charge in [-0.3, -0.25) is 0 Å². The molecule has 1 saturated heterocycles. The summed E-state index contributed by atoms with van der Waals surface area (Å²) in [5, 5.41) is 15.2. The molecule has 90 valence electrons. The van der Waals surface area contributed by atoms with E-state index in [1.807, 2.05) is 24.3 Å². The molecule has 1 atom stereocenters. The Balaban J connectivity index is 1.95. The molecule has 1 fully saturated rings. The molecule has 0 aliphatic carbocycles. The Labute approximate surface area is 100 Å². The summed E-state index contributed by atoms with van der Waals surface area (Å²) in [6.07, 6.45) is 3.87. The summed E-state index contributed by atoms with van der Waals surface area (Å²) >= 11 is 0. The first-order valence-corrected chi connectivity index (χ1v) is 5.72. The van der Waals surface area contributed by atoms with E-state index in [1.165, 1.54) is 0 Å². The van der Waals surface area contributed by atoms with Gasteiger partial charge in [0.1, 0.15) is 0 Å². The van der Waals surface area contributed by atoms with Crippen molar-refractivity contribution in [1.82, 2.24) is 5.32 Å². The van der Waals surface area contributed by atoms with Crippen LogP contribution < -0.4 is 10.6 Å². The monoisotopic (exact) mass is 232 g/mol. The van der Waals surface area contributed by atoms with Crippen LogP contribution in [0.25, 0.3) is 6.08 Å². The van der Waals surface area contributed by atoms with Crippen molar-refractivity contribution in [3.05, 3.63) is 35.9 Å². The van der Waals surface area contributed by atoms with Gasteiger partial charge < -0.3 is 15.7 Å². The van der Waals surface area contributed by atoms with E-state index < -0.39 is 5.97 Å². The Kier molecular flexibility index (Phi) is 3.77. The highest BCUT2D eigenvalue weighted by atomic mass is 16.4. The Morgan fingerprint density at radius 2 is 2.18 bits per heavy atom. The second kappa shape index (κ2) is 5.50. The predicted molar refractivity (Wildman–Crippen MR) is 68.0 cm³/mol. The van der Waals surface area contributed by atoms with Crippen molar-refractivity contribution in [1.29, 1.82) is 0 Å². The largest absolute Gasteiger partial charge is 0.478 e. The molecule has 4 nitrogen and oxygen atoms in total. The zero-order valence-electron chi connectivity index (χ0n) is 9.52. The molecular formula is C13H16N2O2. The zero-order chi connectivity index (χ0) is 12.1. The molecule has 1 aromatic carbocycles. The first-order valence-electron chi connectivity index (χ1n) is 5.72. The molecule has 1 aliphatic heterocycles. The van der Waals surface area contributed by atoms with Crippen molar-refractivity contribution in [2.24, 2.45) is 0 Å². The fourth-order valence-corrected chi connectivity index (χ4v) is 1.87. The maximum atomic E-state index is 10.4. The maximum absolute atomic E-state index is 10.4. The highest BCUT2D eigenvalue weighted by molar-refractivity contribution is 5.85. The Morgan fingerprint density at radius 1 is 1.41 bits per heavy atom. The molecule has 0 unspecified atom stereocenters. The highest BCUT2D eigenvalue weighted by Gasteiger charge is 2.13. The van der Waals surface area contributed by atoms with E-state index in [4.69, 9.17) is 5.11 Å². The van der Waals surface area contributed by atoms with Crippen molar-refractivity contribution in [2.75, 3.05) is 18.4 Å². The van der Waals surface area contributed by atoms with Gasteiger partial charge in [-0.05, 0) is 36.7 Å². The number of hydrogen-bond donors (Lipinski definition) is 3. The van der Waals surface area contributed by atoms with Crippen LogP contribution in [0.5, 0.6) is 0 Å². The zero-order valence-corrected chi connectivity index (χ0v) is 9.52. The van der Waals surface area contributed by atoms with Crippen LogP contribution in [-0.4, -0.2) is 30.2 Å². The average molecular weight is 232 g/mol. The van der Waals surface area contributed by atoms with E-state index in [2.05, 4.69) is 10.6 Å². The minimum absolute atomic E-state index is 0.496. The SMILES string of the molecule is O=C(O)C=Cc1ccc(N[C@@H]2CCNC2)cc1. The van der Waals surface area contributed by atoms with Gasteiger partial charge in [0.25, 0.3) is 0 Å². The van der Waals surface area contributed by atoms with Crippen LogP contribution >= 0.6 is 0 Å². The first-order chi connectivity index (χ1) is 8.24. The van der Waals surface area contributed by atoms with Crippen molar-refractivity contribution in [3.8, 4) is 0 Å². The fourth-order valence-electron chi connectivity index (χ4n) is 1.87. The summed E-state index contributed by atoms with van der Waals surface area (Å²) in [7, 11) is 0. The number of nitrogens with one attached hydrogen (secondary N) is 2. The summed E-state index contributed by atoms with van der Waals surface area (Å²) in [4.78, 5) is 10.4. The molecule has 1 aromatic rings. The second-order valence-corrected chi connectivity index (χ2v) is 4.13. The number of rotatable bonds is 4. The van der Waals surface area contributed by atoms with Gasteiger partial charge in [0.2, 0.25) is 0 Å². The molecule has 1 aliphatic rings. The molecule has 3 N–H and O–H groups in total. The number of aliphatic carboxylic acids is 1. The van der Waals surface area contributed by atoms with Crippen LogP contribution in [0.3, 0.4) is 0 Å². The van der Waals surface area contributed by atoms with Crippen molar-refractivity contribution in [3.63, 3.8) is 0 Å². The van der Waals surface area contributed by atoms with E-state index in [0.717, 1.165) is 36.8 Å². The van der Waals surface area contributed by atoms with E-state index in [0.29, 0.717) is 6.04 Å². The lowest BCUT2D eigenvalue weighted by molar-refractivity contribution is -0.131. The number of carboxylic acid groups (broad SMARTS) is 1. The van der Waals surface area contributed by atoms with Crippen LogP contribution in [0.4, 0.5) is 5.69 Å². The van der Waals surface area contributed by atoms with E-state index in [-0.39, 0.29) is 0 Å². The van der Waals surface area contributed by atoms with E-state index in [1.54, 1.807) is 6.08 Å². The number of benzene rings is 1. The lowest BCUT2D eigenvalue weighted by atomic mass is 10.1. The van der Waals surface area contributed by atoms with E-state index in [9.17, 15) is 4.79 Å². The van der Waals surface area contributed by atoms with Gasteiger partial charge in [-0.2, -0.15) is 0 Å². The summed E-state index contributed by atoms with van der Waals surface area (Å²) in [5.74, 6) is -0.927. The molecule has 0 saturated carbocycles. The summed E-state index contributed by atoms with van der Waals surface area (Å²) in [5.41, 5.74) is 1.97. The predicted octanol–water partition coefficient (Wildman–Crippen LogP) is 1.56. The van der Waals surface area contributed by atoms with Gasteiger partial charge in [-0.25, -0.2) is 4.79 Å². The number of carboxylic acids is 1. The van der Waals surface area contributed by atoms with Crippen LogP contribution in [-0.2, 0) is 4.79 Å². The smallest absolute Gasteiger partial charge is 0.328 e. The Hall–Kier alpha value is -1.81. The quantitative estimate of drug-likeness (QED) is 0.689. The van der Waals surface area contributed by atoms with Crippen molar-refractivity contribution in [2.45, 2.75) is 12.5 Å². The van der Waals surface area contributed by atoms with Gasteiger partial charge in [0, 0.05) is 24.4 Å². The molecule has 0 radical (unpaired) electrons. The molecule has 1 heterocycles. The normalized spacial score (nSPS) is 19.6. The topological polar surface area (TPSA) is 61.4 Å². The summed E-state index contributed by atoms with van der Waals surface area (Å²) in [6, 6.07) is 8.25. The number of hydrogen-bond acceptors (Lipinski definition) is 3. The van der Waals surface area contributed by atoms with Crippen LogP contribution in [0.2, 0.25) is 0 Å². The molecule has 0 spiro atoms. The molecular weight excluding hydrogens is 216 g/mol. The van der Waals surface area contributed by atoms with Crippen LogP contribution in [0, 0.1) is 0 Å². The molecule has 0 amide bonds. The third-order valence-corrected chi connectivity index (χ3v) is 2.76. The van der Waals surface area contributed by atoms with Gasteiger partial charge >= 0.3 is 5.97 Å². The lowest BCUT2D eigenvalue weighted by Gasteiger charge is -2.12. The van der Waals surface area contributed by atoms with E-state index >= 15 is 0 Å². The fraction of sp³-hybridized carbons (Fsp3) is 0.308. The minimum Gasteiger partial charge on any atom is -0.478 e. The number of carbonyl (C=O) groups is 1. The third kappa shape index (κ3) is 3.60. The van der Waals surface area contributed by atoms with Gasteiger partial charge in [-0.15, -0.1) is 0 Å². The standard InChI is InChI=1S/C13H16N2O2/c16-13(17)6-3-10-1-4-11(5-2-10)15-12-7-8-14-9-12/h1-6,12,14-15H,7-9H2,(H,16,17)/t12-/m1/s1. The molecule has 4 heteroatoms. The third-order valence-electron chi connectivity index (χ3n) is 2.76. The molecule has 2 rings (SSSR count). The second-order valence-electron chi connectivity index (χ2n) is 4.13. The Morgan fingerprint density at radius 3 is 2.76 bits per heavy atom. The average Bonchev–Trinajstić information content (AvgIpc) is 2.81.